The summed E-state index contributed by atoms with van der Waals surface area (Å²) in [4.78, 5) is 22.3. The number of hydrogen-bond donors (Lipinski definition) is 2. The Balaban J connectivity index is 2.16. The Morgan fingerprint density at radius 3 is 2.35 bits per heavy atom. The summed E-state index contributed by atoms with van der Waals surface area (Å²) in [5, 5.41) is 11.6. The van der Waals surface area contributed by atoms with Crippen LogP contribution in [0.5, 0.6) is 0 Å². The van der Waals surface area contributed by atoms with Gasteiger partial charge >= 0.3 is 5.97 Å². The van der Waals surface area contributed by atoms with Crippen LogP contribution in [0.15, 0.2) is 0 Å². The average Bonchev–Trinajstić information content (AvgIpc) is 2.07. The number of carboxylic acid groups (broad SMARTS) is 1. The molecule has 1 aliphatic rings. The van der Waals surface area contributed by atoms with Crippen LogP contribution in [0.2, 0.25) is 0 Å². The molecule has 1 atom stereocenters. The molecule has 4 heteroatoms. The zero-order chi connectivity index (χ0) is 13.0. The molecule has 4 nitrogen and oxygen atoms in total. The van der Waals surface area contributed by atoms with Crippen LogP contribution in [-0.2, 0) is 9.59 Å². The SMILES string of the molecule is CC(C)CC(C)CC(=O)NC1CC(C(=O)O)C1. The first kappa shape index (κ1) is 14.0. The van der Waals surface area contributed by atoms with Crippen LogP contribution < -0.4 is 5.32 Å². The molecule has 0 aromatic carbocycles. The van der Waals surface area contributed by atoms with Crippen molar-refractivity contribution >= 4 is 11.9 Å². The number of carbonyl (C=O) groups is 2. The molecule has 0 aromatic heterocycles. The van der Waals surface area contributed by atoms with Crippen LogP contribution in [-0.4, -0.2) is 23.0 Å². The number of carbonyl (C=O) groups excluding carboxylic acids is 1. The van der Waals surface area contributed by atoms with Gasteiger partial charge < -0.3 is 10.4 Å². The molecule has 98 valence electrons. The van der Waals surface area contributed by atoms with Crippen molar-refractivity contribution in [2.75, 3.05) is 0 Å². The molecule has 1 fully saturated rings. The smallest absolute Gasteiger partial charge is 0.306 e. The highest BCUT2D eigenvalue weighted by Crippen LogP contribution is 2.27. The minimum Gasteiger partial charge on any atom is -0.481 e. The second-order valence-electron chi connectivity index (χ2n) is 5.71. The monoisotopic (exact) mass is 241 g/mol. The van der Waals surface area contributed by atoms with Crippen LogP contribution in [0.4, 0.5) is 0 Å². The Hall–Kier alpha value is -1.06. The summed E-state index contributed by atoms with van der Waals surface area (Å²) < 4.78 is 0. The summed E-state index contributed by atoms with van der Waals surface area (Å²) in [6.45, 7) is 6.38. The van der Waals surface area contributed by atoms with Crippen molar-refractivity contribution in [1.29, 1.82) is 0 Å². The van der Waals surface area contributed by atoms with E-state index in [1.807, 2.05) is 0 Å². The fourth-order valence-corrected chi connectivity index (χ4v) is 2.43. The largest absolute Gasteiger partial charge is 0.481 e. The van der Waals surface area contributed by atoms with Crippen molar-refractivity contribution in [2.45, 2.75) is 52.5 Å². The summed E-state index contributed by atoms with van der Waals surface area (Å²) in [5.41, 5.74) is 0. The van der Waals surface area contributed by atoms with Crippen LogP contribution in [0.25, 0.3) is 0 Å². The van der Waals surface area contributed by atoms with Gasteiger partial charge in [0.15, 0.2) is 0 Å². The maximum absolute atomic E-state index is 11.7. The molecule has 1 amide bonds. The maximum Gasteiger partial charge on any atom is 0.306 e. The Kier molecular flexibility index (Phi) is 4.97. The van der Waals surface area contributed by atoms with Crippen LogP contribution in [0.1, 0.15) is 46.5 Å². The van der Waals surface area contributed by atoms with E-state index < -0.39 is 5.97 Å². The van der Waals surface area contributed by atoms with E-state index in [2.05, 4.69) is 26.1 Å². The minimum atomic E-state index is -0.747. The Bertz CT molecular complexity index is 282. The highest BCUT2D eigenvalue weighted by atomic mass is 16.4. The third-order valence-electron chi connectivity index (χ3n) is 3.26. The number of hydrogen-bond acceptors (Lipinski definition) is 2. The molecular weight excluding hydrogens is 218 g/mol. The van der Waals surface area contributed by atoms with Crippen molar-refractivity contribution in [3.05, 3.63) is 0 Å². The molecule has 0 aromatic rings. The Morgan fingerprint density at radius 2 is 1.88 bits per heavy atom. The zero-order valence-electron chi connectivity index (χ0n) is 10.9. The van der Waals surface area contributed by atoms with E-state index in [9.17, 15) is 9.59 Å². The van der Waals surface area contributed by atoms with Gasteiger partial charge in [0.25, 0.3) is 0 Å². The van der Waals surface area contributed by atoms with Gasteiger partial charge in [-0.15, -0.1) is 0 Å². The lowest BCUT2D eigenvalue weighted by atomic mass is 9.80. The molecule has 0 bridgehead atoms. The topological polar surface area (TPSA) is 66.4 Å². The molecule has 0 saturated heterocycles. The Morgan fingerprint density at radius 1 is 1.29 bits per heavy atom. The molecule has 17 heavy (non-hydrogen) atoms. The minimum absolute atomic E-state index is 0.0620. The molecule has 1 saturated carbocycles. The van der Waals surface area contributed by atoms with E-state index in [-0.39, 0.29) is 17.9 Å². The first-order valence-electron chi connectivity index (χ1n) is 6.40. The lowest BCUT2D eigenvalue weighted by Crippen LogP contribution is -2.46. The molecular formula is C13H23NO3. The van der Waals surface area contributed by atoms with Gasteiger partial charge in [0.1, 0.15) is 0 Å². The molecule has 1 rings (SSSR count). The summed E-state index contributed by atoms with van der Waals surface area (Å²) in [5.74, 6) is 0.0623. The van der Waals surface area contributed by atoms with Crippen molar-refractivity contribution < 1.29 is 14.7 Å². The number of carboxylic acids is 1. The molecule has 0 heterocycles. The van der Waals surface area contributed by atoms with Gasteiger partial charge in [0.05, 0.1) is 5.92 Å². The average molecular weight is 241 g/mol. The van der Waals surface area contributed by atoms with Crippen molar-refractivity contribution in [3.63, 3.8) is 0 Å². The first-order valence-corrected chi connectivity index (χ1v) is 6.40. The van der Waals surface area contributed by atoms with Crippen molar-refractivity contribution in [3.8, 4) is 0 Å². The summed E-state index contributed by atoms with van der Waals surface area (Å²) in [6, 6.07) is 0.0786. The van der Waals surface area contributed by atoms with Gasteiger partial charge in [0.2, 0.25) is 5.91 Å². The van der Waals surface area contributed by atoms with E-state index in [1.54, 1.807) is 0 Å². The molecule has 2 N–H and O–H groups in total. The predicted molar refractivity (Wildman–Crippen MR) is 65.5 cm³/mol. The third-order valence-corrected chi connectivity index (χ3v) is 3.26. The van der Waals surface area contributed by atoms with Crippen molar-refractivity contribution in [1.82, 2.24) is 5.32 Å². The number of rotatable bonds is 6. The van der Waals surface area contributed by atoms with E-state index in [1.165, 1.54) is 0 Å². The van der Waals surface area contributed by atoms with E-state index in [4.69, 9.17) is 5.11 Å². The maximum atomic E-state index is 11.7. The fourth-order valence-electron chi connectivity index (χ4n) is 2.43. The quantitative estimate of drug-likeness (QED) is 0.747. The highest BCUT2D eigenvalue weighted by Gasteiger charge is 2.35. The van der Waals surface area contributed by atoms with E-state index in [0.717, 1.165) is 6.42 Å². The second-order valence-corrected chi connectivity index (χ2v) is 5.71. The number of amides is 1. The molecule has 1 aliphatic carbocycles. The van der Waals surface area contributed by atoms with Gasteiger partial charge in [-0.1, -0.05) is 20.8 Å². The molecule has 0 radical (unpaired) electrons. The summed E-state index contributed by atoms with van der Waals surface area (Å²) >= 11 is 0. The van der Waals surface area contributed by atoms with Gasteiger partial charge in [-0.05, 0) is 31.1 Å². The van der Waals surface area contributed by atoms with Crippen LogP contribution >= 0.6 is 0 Å². The van der Waals surface area contributed by atoms with E-state index >= 15 is 0 Å². The number of nitrogens with one attached hydrogen (secondary N) is 1. The molecule has 1 unspecified atom stereocenters. The van der Waals surface area contributed by atoms with Gasteiger partial charge in [-0.3, -0.25) is 9.59 Å². The zero-order valence-corrected chi connectivity index (χ0v) is 10.9. The number of aliphatic carboxylic acids is 1. The van der Waals surface area contributed by atoms with Crippen LogP contribution in [0.3, 0.4) is 0 Å². The normalized spacial score (nSPS) is 25.2. The first-order chi connectivity index (χ1) is 7.88. The van der Waals surface area contributed by atoms with E-state index in [0.29, 0.717) is 31.1 Å². The van der Waals surface area contributed by atoms with Gasteiger partial charge in [-0.25, -0.2) is 0 Å². The lowest BCUT2D eigenvalue weighted by molar-refractivity contribution is -0.146. The standard InChI is InChI=1S/C13H23NO3/c1-8(2)4-9(3)5-12(15)14-11-6-10(7-11)13(16)17/h8-11H,4-7H2,1-3H3,(H,14,15)(H,16,17). The predicted octanol–water partition coefficient (Wildman–Crippen LogP) is 2.04. The second kappa shape index (κ2) is 6.03. The highest BCUT2D eigenvalue weighted by molar-refractivity contribution is 5.77. The lowest BCUT2D eigenvalue weighted by Gasteiger charge is -2.33. The molecule has 0 spiro atoms. The van der Waals surface area contributed by atoms with Crippen LogP contribution in [0, 0.1) is 17.8 Å². The fraction of sp³-hybridized carbons (Fsp3) is 0.846. The van der Waals surface area contributed by atoms with Crippen molar-refractivity contribution in [2.24, 2.45) is 17.8 Å². The summed E-state index contributed by atoms with van der Waals surface area (Å²) in [6.07, 6.45) is 2.77. The van der Waals surface area contributed by atoms with Gasteiger partial charge in [0, 0.05) is 12.5 Å². The van der Waals surface area contributed by atoms with Gasteiger partial charge in [-0.2, -0.15) is 0 Å². The molecule has 0 aliphatic heterocycles. The third kappa shape index (κ3) is 4.75. The summed E-state index contributed by atoms with van der Waals surface area (Å²) in [7, 11) is 0. The Labute approximate surface area is 103 Å².